The number of hydrogen-bond acceptors (Lipinski definition) is 7. The van der Waals surface area contributed by atoms with Gasteiger partial charge in [-0.1, -0.05) is 17.0 Å². The fourth-order valence-electron chi connectivity index (χ4n) is 4.82. The number of carbonyl (C=O) groups excluding carboxylic acids is 2. The summed E-state index contributed by atoms with van der Waals surface area (Å²) < 4.78 is 7.38. The van der Waals surface area contributed by atoms with Crippen LogP contribution in [-0.4, -0.2) is 56.2 Å². The maximum Gasteiger partial charge on any atom is 0.311 e. The van der Waals surface area contributed by atoms with Crippen LogP contribution in [0.4, 0.5) is 0 Å². The van der Waals surface area contributed by atoms with E-state index in [1.807, 2.05) is 30.3 Å². The number of imidazole rings is 1. The van der Waals surface area contributed by atoms with Crippen molar-refractivity contribution >= 4 is 11.8 Å². The van der Waals surface area contributed by atoms with Crippen LogP contribution in [0.5, 0.6) is 0 Å². The number of piperidine rings is 1. The van der Waals surface area contributed by atoms with Gasteiger partial charge in [-0.15, -0.1) is 0 Å². The Kier molecular flexibility index (Phi) is 5.88. The summed E-state index contributed by atoms with van der Waals surface area (Å²) in [6.07, 6.45) is 2.66. The highest BCUT2D eigenvalue weighted by atomic mass is 16.5. The molecule has 3 aromatic rings. The van der Waals surface area contributed by atoms with E-state index in [2.05, 4.69) is 22.0 Å². The predicted molar refractivity (Wildman–Crippen MR) is 125 cm³/mol. The molecule has 0 bridgehead atoms. The van der Waals surface area contributed by atoms with Crippen molar-refractivity contribution in [3.63, 3.8) is 0 Å². The van der Waals surface area contributed by atoms with E-state index in [0.29, 0.717) is 42.2 Å². The van der Waals surface area contributed by atoms with Gasteiger partial charge in [0.15, 0.2) is 5.76 Å². The normalized spacial score (nSPS) is 22.1. The van der Waals surface area contributed by atoms with Crippen molar-refractivity contribution in [1.29, 1.82) is 0 Å². The first-order valence-corrected chi connectivity index (χ1v) is 11.5. The van der Waals surface area contributed by atoms with Gasteiger partial charge in [0.1, 0.15) is 17.6 Å². The monoisotopic (exact) mass is 474 g/mol. The molecule has 5 atom stereocenters. The number of rotatable bonds is 5. The van der Waals surface area contributed by atoms with Crippen LogP contribution in [0.15, 0.2) is 47.2 Å². The summed E-state index contributed by atoms with van der Waals surface area (Å²) in [5.41, 5.74) is 13.5. The Balaban J connectivity index is 1.24. The molecule has 35 heavy (non-hydrogen) atoms. The minimum absolute atomic E-state index is 0.242. The third kappa shape index (κ3) is 4.32. The second kappa shape index (κ2) is 9.02. The van der Waals surface area contributed by atoms with Gasteiger partial charge in [-0.2, -0.15) is 0 Å². The molecule has 0 spiro atoms. The van der Waals surface area contributed by atoms with Crippen LogP contribution in [0.1, 0.15) is 36.2 Å². The van der Waals surface area contributed by atoms with Crippen molar-refractivity contribution < 1.29 is 19.2 Å². The first kappa shape index (κ1) is 22.8. The third-order valence-electron chi connectivity index (χ3n) is 6.75. The minimum Gasteiger partial charge on any atom is -0.385 e. The van der Waals surface area contributed by atoms with Crippen LogP contribution in [0.3, 0.4) is 0 Å². The Hall–Kier alpha value is -3.94. The van der Waals surface area contributed by atoms with Gasteiger partial charge in [0.25, 0.3) is 0 Å². The zero-order valence-electron chi connectivity index (χ0n) is 19.2. The summed E-state index contributed by atoms with van der Waals surface area (Å²) in [4.78, 5) is 28.5. The summed E-state index contributed by atoms with van der Waals surface area (Å²) in [6, 6.07) is 9.23. The second-order valence-electron chi connectivity index (χ2n) is 9.01. The molecule has 2 aliphatic rings. The summed E-state index contributed by atoms with van der Waals surface area (Å²) in [5, 5.41) is 14.2. The number of aliphatic hydroxyl groups is 1. The van der Waals surface area contributed by atoms with Crippen LogP contribution in [-0.2, 0) is 9.59 Å². The van der Waals surface area contributed by atoms with Crippen molar-refractivity contribution in [3.05, 3.63) is 59.8 Å². The summed E-state index contributed by atoms with van der Waals surface area (Å²) in [6.45, 7) is 3.01. The summed E-state index contributed by atoms with van der Waals surface area (Å²) >= 11 is 0. The number of nitrogens with two attached hydrogens (primary N) is 2. The quantitative estimate of drug-likeness (QED) is 0.363. The van der Waals surface area contributed by atoms with Crippen molar-refractivity contribution in [1.82, 2.24) is 19.6 Å². The molecular weight excluding hydrogens is 448 g/mol. The maximum absolute atomic E-state index is 11.7. The van der Waals surface area contributed by atoms with Crippen LogP contribution < -0.4 is 11.5 Å². The fraction of sp³-hybridized carbons (Fsp3) is 0.360. The maximum atomic E-state index is 11.7. The predicted octanol–water partition coefficient (Wildman–Crippen LogP) is 0.681. The zero-order valence-corrected chi connectivity index (χ0v) is 19.2. The van der Waals surface area contributed by atoms with Gasteiger partial charge in [-0.05, 0) is 43.0 Å². The first-order chi connectivity index (χ1) is 16.9. The number of aliphatic hydroxyl groups excluding tert-OH is 1. The Morgan fingerprint density at radius 3 is 2.60 bits per heavy atom. The highest BCUT2D eigenvalue weighted by molar-refractivity contribution is 6.34. The molecule has 1 aliphatic heterocycles. The minimum atomic E-state index is -0.905. The van der Waals surface area contributed by atoms with Gasteiger partial charge in [-0.25, -0.2) is 4.98 Å². The molecule has 1 aromatic carbocycles. The van der Waals surface area contributed by atoms with E-state index < -0.39 is 17.9 Å². The van der Waals surface area contributed by atoms with Gasteiger partial charge >= 0.3 is 11.8 Å². The standard InChI is InChI=1S/C25H26N6O4/c1-14(32)24-28-8-9-31(24)21(11-26)20-10-22(35-29-20)16-5-2-15(3-6-16)4-7-17-18-12-30(13-19(17)18)25(34)23(27)33/h2-3,5-6,8-10,14,17-19,21,32H,11-13,26H2,1H3,(H2,27,33)/t14-,17-,18-,19+,21+/m0/s1. The average molecular weight is 475 g/mol. The Labute approximate surface area is 201 Å². The lowest BCUT2D eigenvalue weighted by atomic mass is 10.1. The molecule has 10 nitrogen and oxygen atoms in total. The topological polar surface area (TPSA) is 154 Å². The van der Waals surface area contributed by atoms with Gasteiger partial charge in [0, 0.05) is 55.1 Å². The van der Waals surface area contributed by atoms with E-state index in [9.17, 15) is 14.7 Å². The molecule has 2 amide bonds. The van der Waals surface area contributed by atoms with Crippen LogP contribution >= 0.6 is 0 Å². The highest BCUT2D eigenvalue weighted by Crippen LogP contribution is 2.51. The molecule has 1 aliphatic carbocycles. The van der Waals surface area contributed by atoms with Gasteiger partial charge in [0.2, 0.25) is 0 Å². The summed E-state index contributed by atoms with van der Waals surface area (Å²) in [7, 11) is 0. The number of likely N-dealkylation sites (tertiary alicyclic amines) is 1. The number of amides is 2. The number of nitrogens with zero attached hydrogens (tertiary/aromatic N) is 4. The van der Waals surface area contributed by atoms with Gasteiger partial charge in [-0.3, -0.25) is 9.59 Å². The molecule has 5 N–H and O–H groups in total. The first-order valence-electron chi connectivity index (χ1n) is 11.5. The smallest absolute Gasteiger partial charge is 0.311 e. The molecule has 0 radical (unpaired) electrons. The fourth-order valence-corrected chi connectivity index (χ4v) is 4.82. The molecule has 5 rings (SSSR count). The van der Waals surface area contributed by atoms with E-state index in [4.69, 9.17) is 16.0 Å². The number of hydrogen-bond donors (Lipinski definition) is 3. The molecule has 10 heteroatoms. The Morgan fingerprint density at radius 2 is 1.97 bits per heavy atom. The summed E-state index contributed by atoms with van der Waals surface area (Å²) in [5.74, 6) is 6.98. The zero-order chi connectivity index (χ0) is 24.7. The van der Waals surface area contributed by atoms with E-state index in [1.54, 1.807) is 23.9 Å². The van der Waals surface area contributed by atoms with Crippen LogP contribution in [0, 0.1) is 29.6 Å². The number of aromatic nitrogens is 3. The number of primary amides is 1. The van der Waals surface area contributed by atoms with E-state index in [1.165, 1.54) is 4.90 Å². The number of carbonyl (C=O) groups is 2. The van der Waals surface area contributed by atoms with E-state index in [0.717, 1.165) is 11.1 Å². The Morgan fingerprint density at radius 1 is 1.26 bits per heavy atom. The number of fused-ring (bicyclic) bond motifs is 1. The van der Waals surface area contributed by atoms with Crippen molar-refractivity contribution in [3.8, 4) is 23.2 Å². The van der Waals surface area contributed by atoms with Crippen LogP contribution in [0.25, 0.3) is 11.3 Å². The molecule has 2 fully saturated rings. The highest BCUT2D eigenvalue weighted by Gasteiger charge is 2.56. The molecule has 2 aromatic heterocycles. The molecule has 0 unspecified atom stereocenters. The largest absolute Gasteiger partial charge is 0.385 e. The van der Waals surface area contributed by atoms with Crippen molar-refractivity contribution in [2.24, 2.45) is 29.2 Å². The lowest BCUT2D eigenvalue weighted by Crippen LogP contribution is -2.40. The lowest BCUT2D eigenvalue weighted by Gasteiger charge is -2.17. The molecular formula is C25H26N6O4. The second-order valence-corrected chi connectivity index (χ2v) is 9.01. The third-order valence-corrected chi connectivity index (χ3v) is 6.75. The van der Waals surface area contributed by atoms with E-state index >= 15 is 0 Å². The molecule has 1 saturated carbocycles. The Bertz CT molecular complexity index is 1300. The lowest BCUT2D eigenvalue weighted by molar-refractivity contribution is -0.143. The SMILES string of the molecule is C[C@H](O)c1nccn1[C@H](CN)c1cc(-c2ccc(C#C[C@@H]3[C@H]4CN(C(=O)C(N)=O)C[C@@H]34)cc2)on1. The van der Waals surface area contributed by atoms with Crippen molar-refractivity contribution in [2.75, 3.05) is 19.6 Å². The van der Waals surface area contributed by atoms with Gasteiger partial charge < -0.3 is 30.6 Å². The number of benzene rings is 1. The average Bonchev–Trinajstić information content (AvgIpc) is 3.36. The van der Waals surface area contributed by atoms with E-state index in [-0.39, 0.29) is 18.5 Å². The molecule has 180 valence electrons. The van der Waals surface area contributed by atoms with Crippen LogP contribution in [0.2, 0.25) is 0 Å². The van der Waals surface area contributed by atoms with Crippen molar-refractivity contribution in [2.45, 2.75) is 19.1 Å². The van der Waals surface area contributed by atoms with Gasteiger partial charge in [0.05, 0.1) is 6.04 Å². The molecule has 3 heterocycles. The molecule has 1 saturated heterocycles.